The number of rotatable bonds is 5. The number of aromatic nitrogens is 1. The van der Waals surface area contributed by atoms with Crippen molar-refractivity contribution in [2.24, 2.45) is 0 Å². The van der Waals surface area contributed by atoms with Gasteiger partial charge in [-0.2, -0.15) is 0 Å². The Morgan fingerprint density at radius 3 is 2.52 bits per heavy atom. The second kappa shape index (κ2) is 6.58. The highest BCUT2D eigenvalue weighted by molar-refractivity contribution is 7.11. The number of aryl methyl sites for hydroxylation is 2. The summed E-state index contributed by atoms with van der Waals surface area (Å²) < 4.78 is 10.4. The van der Waals surface area contributed by atoms with Crippen LogP contribution in [0.1, 0.15) is 25.9 Å². The Bertz CT molecular complexity index is 652. The summed E-state index contributed by atoms with van der Waals surface area (Å²) in [5.74, 6) is 0.986. The number of amides is 1. The molecule has 1 heterocycles. The van der Waals surface area contributed by atoms with Crippen molar-refractivity contribution in [1.29, 1.82) is 0 Å². The van der Waals surface area contributed by atoms with Crippen LogP contribution >= 0.6 is 11.3 Å². The first-order chi connectivity index (χ1) is 10.0. The van der Waals surface area contributed by atoms with Crippen LogP contribution in [-0.2, 0) is 6.54 Å². The van der Waals surface area contributed by atoms with E-state index in [1.807, 2.05) is 13.8 Å². The van der Waals surface area contributed by atoms with E-state index in [9.17, 15) is 4.79 Å². The highest BCUT2D eigenvalue weighted by Gasteiger charge is 2.12. The maximum atomic E-state index is 12.2. The minimum atomic E-state index is -0.151. The van der Waals surface area contributed by atoms with Crippen LogP contribution in [0.15, 0.2) is 18.2 Å². The lowest BCUT2D eigenvalue weighted by atomic mass is 10.2. The van der Waals surface area contributed by atoms with Crippen molar-refractivity contribution < 1.29 is 14.3 Å². The second-order valence-electron chi connectivity index (χ2n) is 4.49. The number of thiazole rings is 1. The fourth-order valence-corrected chi connectivity index (χ4v) is 2.85. The van der Waals surface area contributed by atoms with Crippen LogP contribution in [0.25, 0.3) is 0 Å². The Balaban J connectivity index is 2.08. The summed E-state index contributed by atoms with van der Waals surface area (Å²) in [5.41, 5.74) is 1.50. The molecule has 0 aliphatic heterocycles. The standard InChI is InChI=1S/C15H18N2O3S/c1-9-14(21-10(2)17-9)8-16-15(18)11-5-6-12(19-3)13(7-11)20-4/h5-7H,8H2,1-4H3,(H,16,18). The number of nitrogens with zero attached hydrogens (tertiary/aromatic N) is 1. The van der Waals surface area contributed by atoms with Crippen molar-refractivity contribution in [2.45, 2.75) is 20.4 Å². The lowest BCUT2D eigenvalue weighted by Crippen LogP contribution is -2.22. The van der Waals surface area contributed by atoms with Crippen molar-refractivity contribution in [3.05, 3.63) is 39.3 Å². The average Bonchev–Trinajstić information content (AvgIpc) is 2.81. The van der Waals surface area contributed by atoms with Crippen LogP contribution in [0, 0.1) is 13.8 Å². The molecule has 0 spiro atoms. The molecular formula is C15H18N2O3S. The van der Waals surface area contributed by atoms with Crippen molar-refractivity contribution in [3.63, 3.8) is 0 Å². The largest absolute Gasteiger partial charge is 0.493 e. The van der Waals surface area contributed by atoms with Gasteiger partial charge in [-0.25, -0.2) is 4.98 Å². The number of benzene rings is 1. The van der Waals surface area contributed by atoms with E-state index >= 15 is 0 Å². The first-order valence-corrected chi connectivity index (χ1v) is 7.30. The van der Waals surface area contributed by atoms with Gasteiger partial charge in [0, 0.05) is 10.4 Å². The maximum absolute atomic E-state index is 12.2. The van der Waals surface area contributed by atoms with Gasteiger partial charge in [0.25, 0.3) is 5.91 Å². The third kappa shape index (κ3) is 3.52. The quantitative estimate of drug-likeness (QED) is 0.922. The fraction of sp³-hybridized carbons (Fsp3) is 0.333. The summed E-state index contributed by atoms with van der Waals surface area (Å²) in [4.78, 5) is 17.6. The summed E-state index contributed by atoms with van der Waals surface area (Å²) in [6.45, 7) is 4.38. The van der Waals surface area contributed by atoms with E-state index in [2.05, 4.69) is 10.3 Å². The topological polar surface area (TPSA) is 60.5 Å². The number of hydrogen-bond donors (Lipinski definition) is 1. The predicted molar refractivity (Wildman–Crippen MR) is 82.3 cm³/mol. The van der Waals surface area contributed by atoms with Crippen LogP contribution in [0.4, 0.5) is 0 Å². The van der Waals surface area contributed by atoms with Gasteiger partial charge in [0.2, 0.25) is 0 Å². The predicted octanol–water partition coefficient (Wildman–Crippen LogP) is 2.71. The van der Waals surface area contributed by atoms with E-state index in [0.29, 0.717) is 23.6 Å². The molecule has 0 bridgehead atoms. The van der Waals surface area contributed by atoms with E-state index in [1.165, 1.54) is 0 Å². The summed E-state index contributed by atoms with van der Waals surface area (Å²) in [6.07, 6.45) is 0. The highest BCUT2D eigenvalue weighted by Crippen LogP contribution is 2.27. The number of methoxy groups -OCH3 is 2. The van der Waals surface area contributed by atoms with E-state index in [1.54, 1.807) is 43.8 Å². The zero-order chi connectivity index (χ0) is 15.4. The summed E-state index contributed by atoms with van der Waals surface area (Å²) in [5, 5.41) is 3.90. The molecule has 1 aromatic heterocycles. The third-order valence-corrected chi connectivity index (χ3v) is 4.13. The van der Waals surface area contributed by atoms with Gasteiger partial charge in [0.15, 0.2) is 11.5 Å². The Labute approximate surface area is 127 Å². The molecule has 1 aromatic carbocycles. The lowest BCUT2D eigenvalue weighted by Gasteiger charge is -2.09. The smallest absolute Gasteiger partial charge is 0.251 e. The SMILES string of the molecule is COc1ccc(C(=O)NCc2sc(C)nc2C)cc1OC. The zero-order valence-corrected chi connectivity index (χ0v) is 13.3. The minimum absolute atomic E-state index is 0.151. The molecule has 21 heavy (non-hydrogen) atoms. The number of carbonyl (C=O) groups excluding carboxylic acids is 1. The Morgan fingerprint density at radius 1 is 1.24 bits per heavy atom. The van der Waals surface area contributed by atoms with Crippen LogP contribution in [-0.4, -0.2) is 25.1 Å². The Kier molecular flexibility index (Phi) is 4.80. The molecular weight excluding hydrogens is 288 g/mol. The van der Waals surface area contributed by atoms with Gasteiger partial charge in [-0.15, -0.1) is 11.3 Å². The van der Waals surface area contributed by atoms with Gasteiger partial charge < -0.3 is 14.8 Å². The number of nitrogens with one attached hydrogen (secondary N) is 1. The van der Waals surface area contributed by atoms with Crippen molar-refractivity contribution in [3.8, 4) is 11.5 Å². The molecule has 6 heteroatoms. The summed E-state index contributed by atoms with van der Waals surface area (Å²) in [7, 11) is 3.11. The normalized spacial score (nSPS) is 10.3. The molecule has 0 aliphatic carbocycles. The number of hydrogen-bond acceptors (Lipinski definition) is 5. The average molecular weight is 306 g/mol. The molecule has 0 saturated carbocycles. The number of ether oxygens (including phenoxy) is 2. The van der Waals surface area contributed by atoms with Gasteiger partial charge >= 0.3 is 0 Å². The summed E-state index contributed by atoms with van der Waals surface area (Å²) >= 11 is 1.59. The molecule has 1 N–H and O–H groups in total. The van der Waals surface area contributed by atoms with Crippen LogP contribution < -0.4 is 14.8 Å². The first kappa shape index (κ1) is 15.3. The molecule has 0 unspecified atom stereocenters. The van der Waals surface area contributed by atoms with Crippen LogP contribution in [0.5, 0.6) is 11.5 Å². The van der Waals surface area contributed by atoms with Gasteiger partial charge in [0.1, 0.15) is 0 Å². The minimum Gasteiger partial charge on any atom is -0.493 e. The summed E-state index contributed by atoms with van der Waals surface area (Å²) in [6, 6.07) is 5.09. The van der Waals surface area contributed by atoms with Gasteiger partial charge in [-0.05, 0) is 32.0 Å². The van der Waals surface area contributed by atoms with Crippen molar-refractivity contribution >= 4 is 17.2 Å². The molecule has 1 amide bonds. The molecule has 0 fully saturated rings. The molecule has 0 radical (unpaired) electrons. The Hall–Kier alpha value is -2.08. The zero-order valence-electron chi connectivity index (χ0n) is 12.5. The van der Waals surface area contributed by atoms with E-state index in [-0.39, 0.29) is 5.91 Å². The third-order valence-electron chi connectivity index (χ3n) is 3.05. The highest BCUT2D eigenvalue weighted by atomic mass is 32.1. The molecule has 2 aromatic rings. The van der Waals surface area contributed by atoms with Gasteiger partial charge in [-0.1, -0.05) is 0 Å². The lowest BCUT2D eigenvalue weighted by molar-refractivity contribution is 0.0951. The monoisotopic (exact) mass is 306 g/mol. The van der Waals surface area contributed by atoms with E-state index in [0.717, 1.165) is 15.6 Å². The molecule has 112 valence electrons. The van der Waals surface area contributed by atoms with Gasteiger partial charge in [-0.3, -0.25) is 4.79 Å². The maximum Gasteiger partial charge on any atom is 0.251 e. The fourth-order valence-electron chi connectivity index (χ4n) is 1.98. The van der Waals surface area contributed by atoms with Crippen molar-refractivity contribution in [1.82, 2.24) is 10.3 Å². The number of carbonyl (C=O) groups is 1. The van der Waals surface area contributed by atoms with E-state index in [4.69, 9.17) is 9.47 Å². The van der Waals surface area contributed by atoms with Crippen LogP contribution in [0.2, 0.25) is 0 Å². The molecule has 2 rings (SSSR count). The van der Waals surface area contributed by atoms with Crippen LogP contribution in [0.3, 0.4) is 0 Å². The van der Waals surface area contributed by atoms with Gasteiger partial charge in [0.05, 0.1) is 31.5 Å². The molecule has 0 saturated heterocycles. The molecule has 5 nitrogen and oxygen atoms in total. The molecule has 0 aliphatic rings. The van der Waals surface area contributed by atoms with E-state index < -0.39 is 0 Å². The first-order valence-electron chi connectivity index (χ1n) is 6.48. The Morgan fingerprint density at radius 2 is 1.95 bits per heavy atom. The molecule has 0 atom stereocenters. The van der Waals surface area contributed by atoms with Crippen molar-refractivity contribution in [2.75, 3.05) is 14.2 Å². The second-order valence-corrected chi connectivity index (χ2v) is 5.78.